The van der Waals surface area contributed by atoms with E-state index in [1.54, 1.807) is 18.2 Å². The maximum atomic E-state index is 12.5. The number of aryl methyl sites for hydroxylation is 1. The van der Waals surface area contributed by atoms with Crippen LogP contribution in [0.5, 0.6) is 5.75 Å². The zero-order chi connectivity index (χ0) is 15.7. The fraction of sp³-hybridized carbons (Fsp3) is 0.125. The number of rotatable bonds is 4. The first-order chi connectivity index (χ1) is 10.5. The van der Waals surface area contributed by atoms with E-state index in [-0.39, 0.29) is 4.90 Å². The van der Waals surface area contributed by atoms with Crippen LogP contribution in [0.2, 0.25) is 0 Å². The predicted octanol–water partition coefficient (Wildman–Crippen LogP) is 3.29. The van der Waals surface area contributed by atoms with Crippen molar-refractivity contribution in [3.8, 4) is 5.75 Å². The Morgan fingerprint density at radius 1 is 1.09 bits per heavy atom. The van der Waals surface area contributed by atoms with Crippen LogP contribution in [0.1, 0.15) is 5.56 Å². The van der Waals surface area contributed by atoms with E-state index >= 15 is 0 Å². The molecular weight excluding hydrogens is 300 g/mol. The maximum Gasteiger partial charge on any atom is 0.261 e. The average Bonchev–Trinajstić information content (AvgIpc) is 2.94. The van der Waals surface area contributed by atoms with Gasteiger partial charge >= 0.3 is 0 Å². The third-order valence-electron chi connectivity index (χ3n) is 3.51. The number of aromatic nitrogens is 1. The molecule has 114 valence electrons. The number of aromatic amines is 1. The molecule has 0 unspecified atom stereocenters. The molecule has 2 N–H and O–H groups in total. The van der Waals surface area contributed by atoms with Gasteiger partial charge in [-0.3, -0.25) is 4.72 Å². The van der Waals surface area contributed by atoms with Gasteiger partial charge < -0.3 is 9.72 Å². The summed E-state index contributed by atoms with van der Waals surface area (Å²) in [7, 11) is -2.09. The van der Waals surface area contributed by atoms with Crippen molar-refractivity contribution in [3.63, 3.8) is 0 Å². The van der Waals surface area contributed by atoms with Gasteiger partial charge in [0.15, 0.2) is 0 Å². The third kappa shape index (κ3) is 2.65. The second kappa shape index (κ2) is 5.38. The summed E-state index contributed by atoms with van der Waals surface area (Å²) < 4.78 is 32.6. The summed E-state index contributed by atoms with van der Waals surface area (Å²) in [6.45, 7) is 1.87. The number of fused-ring (bicyclic) bond motifs is 1. The molecule has 22 heavy (non-hydrogen) atoms. The SMILES string of the molecule is COc1ccc(S(=O)(=O)Nc2cc3[nH]ccc3cc2C)cc1. The van der Waals surface area contributed by atoms with Crippen LogP contribution in [-0.4, -0.2) is 20.5 Å². The lowest BCUT2D eigenvalue weighted by Crippen LogP contribution is -2.13. The van der Waals surface area contributed by atoms with E-state index in [2.05, 4.69) is 9.71 Å². The number of H-pyrrole nitrogens is 1. The lowest BCUT2D eigenvalue weighted by molar-refractivity contribution is 0.414. The highest BCUT2D eigenvalue weighted by Crippen LogP contribution is 2.25. The smallest absolute Gasteiger partial charge is 0.261 e. The van der Waals surface area contributed by atoms with Crippen molar-refractivity contribution in [1.82, 2.24) is 4.98 Å². The quantitative estimate of drug-likeness (QED) is 0.776. The number of nitrogens with one attached hydrogen (secondary N) is 2. The lowest BCUT2D eigenvalue weighted by Gasteiger charge is -2.11. The summed E-state index contributed by atoms with van der Waals surface area (Å²) in [5.41, 5.74) is 2.31. The fourth-order valence-electron chi connectivity index (χ4n) is 2.28. The molecule has 1 heterocycles. The third-order valence-corrected chi connectivity index (χ3v) is 4.89. The first-order valence-electron chi connectivity index (χ1n) is 6.74. The lowest BCUT2D eigenvalue weighted by atomic mass is 10.1. The molecule has 0 spiro atoms. The first kappa shape index (κ1) is 14.5. The molecule has 0 fully saturated rings. The topological polar surface area (TPSA) is 71.2 Å². The van der Waals surface area contributed by atoms with Crippen molar-refractivity contribution >= 4 is 26.6 Å². The van der Waals surface area contributed by atoms with E-state index in [9.17, 15) is 8.42 Å². The minimum Gasteiger partial charge on any atom is -0.497 e. The normalized spacial score (nSPS) is 11.5. The molecule has 0 aliphatic heterocycles. The van der Waals surface area contributed by atoms with Crippen LogP contribution in [0.25, 0.3) is 10.9 Å². The molecule has 2 aromatic carbocycles. The molecular formula is C16H16N2O3S. The molecule has 0 amide bonds. The van der Waals surface area contributed by atoms with Gasteiger partial charge in [0.1, 0.15) is 5.75 Å². The maximum absolute atomic E-state index is 12.5. The second-order valence-corrected chi connectivity index (χ2v) is 6.70. The molecule has 0 atom stereocenters. The van der Waals surface area contributed by atoms with E-state index in [0.717, 1.165) is 16.5 Å². The number of hydrogen-bond acceptors (Lipinski definition) is 3. The van der Waals surface area contributed by atoms with E-state index < -0.39 is 10.0 Å². The first-order valence-corrected chi connectivity index (χ1v) is 8.22. The van der Waals surface area contributed by atoms with Crippen molar-refractivity contribution in [3.05, 3.63) is 54.2 Å². The summed E-state index contributed by atoms with van der Waals surface area (Å²) in [6.07, 6.45) is 1.83. The summed E-state index contributed by atoms with van der Waals surface area (Å²) in [5, 5.41) is 1.05. The molecule has 3 rings (SSSR count). The monoisotopic (exact) mass is 316 g/mol. The molecule has 0 radical (unpaired) electrons. The fourth-order valence-corrected chi connectivity index (χ4v) is 3.40. The van der Waals surface area contributed by atoms with Gasteiger partial charge in [0, 0.05) is 11.7 Å². The molecule has 3 aromatic rings. The summed E-state index contributed by atoms with van der Waals surface area (Å²) in [6, 6.07) is 12.0. The Morgan fingerprint density at radius 2 is 1.82 bits per heavy atom. The van der Waals surface area contributed by atoms with Crippen molar-refractivity contribution in [2.75, 3.05) is 11.8 Å². The van der Waals surface area contributed by atoms with Gasteiger partial charge in [-0.2, -0.15) is 0 Å². The number of benzene rings is 2. The number of ether oxygens (including phenoxy) is 1. The molecule has 1 aromatic heterocycles. The number of sulfonamides is 1. The Bertz CT molecular complexity index is 912. The van der Waals surface area contributed by atoms with Crippen molar-refractivity contribution in [2.24, 2.45) is 0 Å². The van der Waals surface area contributed by atoms with Crippen LogP contribution in [-0.2, 0) is 10.0 Å². The molecule has 0 aliphatic rings. The molecule has 0 aliphatic carbocycles. The summed E-state index contributed by atoms with van der Waals surface area (Å²) in [4.78, 5) is 3.27. The van der Waals surface area contributed by atoms with Crippen molar-refractivity contribution < 1.29 is 13.2 Å². The minimum atomic E-state index is -3.63. The number of hydrogen-bond donors (Lipinski definition) is 2. The van der Waals surface area contributed by atoms with Crippen molar-refractivity contribution in [1.29, 1.82) is 0 Å². The Hall–Kier alpha value is -2.47. The van der Waals surface area contributed by atoms with Crippen LogP contribution in [0.4, 0.5) is 5.69 Å². The predicted molar refractivity (Wildman–Crippen MR) is 86.8 cm³/mol. The van der Waals surface area contributed by atoms with Gasteiger partial charge in [0.2, 0.25) is 0 Å². The average molecular weight is 316 g/mol. The van der Waals surface area contributed by atoms with Gasteiger partial charge in [-0.1, -0.05) is 0 Å². The van der Waals surface area contributed by atoms with Crippen LogP contribution >= 0.6 is 0 Å². The highest BCUT2D eigenvalue weighted by Gasteiger charge is 2.16. The van der Waals surface area contributed by atoms with E-state index in [1.165, 1.54) is 19.2 Å². The van der Waals surface area contributed by atoms with Crippen LogP contribution < -0.4 is 9.46 Å². The van der Waals surface area contributed by atoms with E-state index in [0.29, 0.717) is 11.4 Å². The van der Waals surface area contributed by atoms with E-state index in [1.807, 2.05) is 25.3 Å². The van der Waals surface area contributed by atoms with Gasteiger partial charge in [-0.05, 0) is 60.3 Å². The van der Waals surface area contributed by atoms with Crippen molar-refractivity contribution in [2.45, 2.75) is 11.8 Å². The Kier molecular flexibility index (Phi) is 3.54. The van der Waals surface area contributed by atoms with Gasteiger partial charge in [0.25, 0.3) is 10.0 Å². The number of anilines is 1. The highest BCUT2D eigenvalue weighted by molar-refractivity contribution is 7.92. The minimum absolute atomic E-state index is 0.194. The van der Waals surface area contributed by atoms with Crippen LogP contribution in [0.3, 0.4) is 0 Å². The Labute approximate surface area is 129 Å². The van der Waals surface area contributed by atoms with E-state index in [4.69, 9.17) is 4.74 Å². The van der Waals surface area contributed by atoms with Crippen LogP contribution in [0, 0.1) is 6.92 Å². The summed E-state index contributed by atoms with van der Waals surface area (Å²) >= 11 is 0. The number of methoxy groups -OCH3 is 1. The van der Waals surface area contributed by atoms with Gasteiger partial charge in [-0.15, -0.1) is 0 Å². The molecule has 0 bridgehead atoms. The van der Waals surface area contributed by atoms with Crippen LogP contribution in [0.15, 0.2) is 53.6 Å². The largest absolute Gasteiger partial charge is 0.497 e. The Morgan fingerprint density at radius 3 is 2.50 bits per heavy atom. The highest BCUT2D eigenvalue weighted by atomic mass is 32.2. The molecule has 0 saturated carbocycles. The molecule has 5 nitrogen and oxygen atoms in total. The standard InChI is InChI=1S/C16H16N2O3S/c1-11-9-12-7-8-17-16(12)10-15(11)18-22(19,20)14-5-3-13(21-2)4-6-14/h3-10,17-18H,1-2H3. The summed E-state index contributed by atoms with van der Waals surface area (Å²) in [5.74, 6) is 0.614. The van der Waals surface area contributed by atoms with Gasteiger partial charge in [0.05, 0.1) is 17.7 Å². The van der Waals surface area contributed by atoms with Gasteiger partial charge in [-0.25, -0.2) is 8.42 Å². The zero-order valence-corrected chi connectivity index (χ0v) is 13.1. The molecule has 6 heteroatoms. The second-order valence-electron chi connectivity index (χ2n) is 5.01. The zero-order valence-electron chi connectivity index (χ0n) is 12.3. The molecule has 0 saturated heterocycles. The Balaban J connectivity index is 1.96.